The zero-order chi connectivity index (χ0) is 9.35. The Morgan fingerprint density at radius 2 is 2.17 bits per heavy atom. The van der Waals surface area contributed by atoms with Crippen molar-refractivity contribution in [3.63, 3.8) is 0 Å². The average Bonchev–Trinajstić information content (AvgIpc) is 2.30. The number of nitrogens with zero attached hydrogens (tertiary/aromatic N) is 1. The van der Waals surface area contributed by atoms with Crippen molar-refractivity contribution in [3.8, 4) is 0 Å². The highest BCUT2D eigenvalue weighted by molar-refractivity contribution is 7.24. The molecule has 5 heteroatoms. The van der Waals surface area contributed by atoms with Crippen LogP contribution in [0.3, 0.4) is 0 Å². The maximum Gasteiger partial charge on any atom is 0.268 e. The fraction of sp³-hybridized carbons (Fsp3) is 0.429. The molecule has 0 aliphatic carbocycles. The Kier molecular flexibility index (Phi) is 2.34. The third kappa shape index (κ3) is 1.92. The van der Waals surface area contributed by atoms with Crippen LogP contribution in [0.25, 0.3) is 0 Å². The van der Waals surface area contributed by atoms with Crippen LogP contribution in [0.1, 0.15) is 10.5 Å². The van der Waals surface area contributed by atoms with Gasteiger partial charge in [0.1, 0.15) is 13.8 Å². The van der Waals surface area contributed by atoms with E-state index in [2.05, 4.69) is 24.6 Å². The molecule has 0 bridgehead atoms. The van der Waals surface area contributed by atoms with Crippen molar-refractivity contribution in [2.24, 2.45) is 5.73 Å². The van der Waals surface area contributed by atoms with E-state index in [1.54, 1.807) is 5.38 Å². The van der Waals surface area contributed by atoms with Gasteiger partial charge >= 0.3 is 0 Å². The number of hydrogen-bond acceptors (Lipinski definition) is 3. The lowest BCUT2D eigenvalue weighted by Crippen LogP contribution is -2.37. The van der Waals surface area contributed by atoms with Crippen LogP contribution in [0, 0.1) is 0 Å². The second-order valence-corrected chi connectivity index (χ2v) is 9.85. The molecule has 1 amide bonds. The largest absolute Gasteiger partial charge is 0.364 e. The van der Waals surface area contributed by atoms with Crippen LogP contribution < -0.4 is 10.4 Å². The molecule has 0 unspecified atom stereocenters. The summed E-state index contributed by atoms with van der Waals surface area (Å²) in [6, 6.07) is 0. The van der Waals surface area contributed by atoms with Crippen molar-refractivity contribution in [3.05, 3.63) is 11.1 Å². The number of carbonyl (C=O) groups is 1. The highest BCUT2D eigenvalue weighted by atomic mass is 32.1. The van der Waals surface area contributed by atoms with Crippen molar-refractivity contribution in [2.45, 2.75) is 19.6 Å². The first-order valence-corrected chi connectivity index (χ1v) is 8.05. The molecule has 0 fully saturated rings. The lowest BCUT2D eigenvalue weighted by atomic mass is 10.5. The molecule has 2 N–H and O–H groups in total. The molecule has 12 heavy (non-hydrogen) atoms. The fourth-order valence-electron chi connectivity index (χ4n) is 0.731. The third-order valence-electron chi connectivity index (χ3n) is 1.40. The molecule has 0 saturated carbocycles. The Morgan fingerprint density at radius 3 is 2.42 bits per heavy atom. The van der Waals surface area contributed by atoms with Gasteiger partial charge in [0.2, 0.25) is 0 Å². The second-order valence-electron chi connectivity index (χ2n) is 3.65. The van der Waals surface area contributed by atoms with Crippen LogP contribution in [0.5, 0.6) is 0 Å². The van der Waals surface area contributed by atoms with Crippen LogP contribution in [0.15, 0.2) is 5.38 Å². The number of hydrogen-bond donors (Lipinski definition) is 1. The highest BCUT2D eigenvalue weighted by Gasteiger charge is 2.21. The lowest BCUT2D eigenvalue weighted by Gasteiger charge is -2.10. The fourth-order valence-corrected chi connectivity index (χ4v) is 3.32. The van der Waals surface area contributed by atoms with Crippen molar-refractivity contribution in [1.29, 1.82) is 0 Å². The molecule has 0 aromatic carbocycles. The summed E-state index contributed by atoms with van der Waals surface area (Å²) in [4.78, 5) is 14.9. The van der Waals surface area contributed by atoms with Gasteiger partial charge in [-0.2, -0.15) is 0 Å². The molecule has 0 aliphatic rings. The highest BCUT2D eigenvalue weighted by Crippen LogP contribution is 2.07. The first-order chi connectivity index (χ1) is 5.41. The molecule has 0 spiro atoms. The minimum atomic E-state index is -1.36. The van der Waals surface area contributed by atoms with Crippen molar-refractivity contribution in [1.82, 2.24) is 4.98 Å². The number of aromatic nitrogens is 1. The average molecular weight is 200 g/mol. The molecule has 1 heterocycles. The second kappa shape index (κ2) is 2.99. The van der Waals surface area contributed by atoms with Crippen LogP contribution in [0.4, 0.5) is 0 Å². The van der Waals surface area contributed by atoms with Gasteiger partial charge in [0.05, 0.1) is 4.63 Å². The van der Waals surface area contributed by atoms with Crippen molar-refractivity contribution >= 4 is 29.9 Å². The van der Waals surface area contributed by atoms with Gasteiger partial charge < -0.3 is 5.73 Å². The van der Waals surface area contributed by atoms with E-state index in [9.17, 15) is 4.79 Å². The van der Waals surface area contributed by atoms with Crippen molar-refractivity contribution in [2.75, 3.05) is 0 Å². The lowest BCUT2D eigenvalue weighted by molar-refractivity contribution is 0.0996. The summed E-state index contributed by atoms with van der Waals surface area (Å²) in [6.07, 6.45) is 0. The molecule has 1 rings (SSSR count). The van der Waals surface area contributed by atoms with E-state index in [1.165, 1.54) is 11.3 Å². The zero-order valence-electron chi connectivity index (χ0n) is 7.42. The summed E-state index contributed by atoms with van der Waals surface area (Å²) in [6.45, 7) is 6.57. The van der Waals surface area contributed by atoms with E-state index in [1.807, 2.05) is 0 Å². The molecular weight excluding hydrogens is 188 g/mol. The van der Waals surface area contributed by atoms with Crippen molar-refractivity contribution < 1.29 is 4.79 Å². The first-order valence-electron chi connectivity index (χ1n) is 3.67. The van der Waals surface area contributed by atoms with Gasteiger partial charge in [0.15, 0.2) is 0 Å². The van der Waals surface area contributed by atoms with Gasteiger partial charge in [-0.05, 0) is 0 Å². The SMILES string of the molecule is C[Si](C)(C)c1nc(C(N)=O)cs1. The van der Waals surface area contributed by atoms with E-state index in [-0.39, 0.29) is 0 Å². The van der Waals surface area contributed by atoms with Crippen LogP contribution in [-0.2, 0) is 0 Å². The van der Waals surface area contributed by atoms with Gasteiger partial charge in [-0.25, -0.2) is 4.98 Å². The number of nitrogens with two attached hydrogens (primary N) is 1. The van der Waals surface area contributed by atoms with Gasteiger partial charge in [-0.1, -0.05) is 19.6 Å². The van der Waals surface area contributed by atoms with Gasteiger partial charge in [0.25, 0.3) is 5.91 Å². The number of rotatable bonds is 2. The number of carbonyl (C=O) groups excluding carboxylic acids is 1. The maximum absolute atomic E-state index is 10.7. The summed E-state index contributed by atoms with van der Waals surface area (Å²) in [5, 5.41) is 1.73. The van der Waals surface area contributed by atoms with Gasteiger partial charge in [-0.3, -0.25) is 4.79 Å². The smallest absolute Gasteiger partial charge is 0.268 e. The third-order valence-corrected chi connectivity index (χ3v) is 5.64. The van der Waals surface area contributed by atoms with Gasteiger partial charge in [0, 0.05) is 5.38 Å². The Morgan fingerprint density at radius 1 is 1.58 bits per heavy atom. The standard InChI is InChI=1S/C7H12N2OSSi/c1-12(2,3)7-9-5(4-11-7)6(8)10/h4H,1-3H3,(H2,8,10). The molecule has 0 aliphatic heterocycles. The molecule has 1 aromatic heterocycles. The molecule has 3 nitrogen and oxygen atoms in total. The quantitative estimate of drug-likeness (QED) is 0.718. The molecule has 1 aromatic rings. The zero-order valence-corrected chi connectivity index (χ0v) is 9.23. The first kappa shape index (κ1) is 9.41. The van der Waals surface area contributed by atoms with E-state index in [0.29, 0.717) is 5.69 Å². The summed E-state index contributed by atoms with van der Waals surface area (Å²) < 4.78 is 1.08. The maximum atomic E-state index is 10.7. The van der Waals surface area contributed by atoms with Crippen LogP contribution in [-0.4, -0.2) is 19.0 Å². The monoisotopic (exact) mass is 200 g/mol. The Labute approximate surface area is 76.6 Å². The Hall–Kier alpha value is -0.683. The van der Waals surface area contributed by atoms with E-state index in [4.69, 9.17) is 5.73 Å². The molecule has 0 atom stereocenters. The topological polar surface area (TPSA) is 56.0 Å². The Bertz CT molecular complexity index is 303. The summed E-state index contributed by atoms with van der Waals surface area (Å²) in [5.41, 5.74) is 5.49. The predicted octanol–water partition coefficient (Wildman–Crippen LogP) is 0.787. The summed E-state index contributed by atoms with van der Waals surface area (Å²) in [5.74, 6) is -0.434. The number of primary amides is 1. The van der Waals surface area contributed by atoms with Crippen LogP contribution >= 0.6 is 11.3 Å². The molecule has 0 radical (unpaired) electrons. The minimum absolute atomic E-state index is 0.400. The van der Waals surface area contributed by atoms with E-state index < -0.39 is 14.0 Å². The van der Waals surface area contributed by atoms with E-state index >= 15 is 0 Å². The molecule has 0 saturated heterocycles. The summed E-state index contributed by atoms with van der Waals surface area (Å²) in [7, 11) is -1.36. The molecular formula is C7H12N2OSSi. The Balaban J connectivity index is 3.00. The normalized spacial score (nSPS) is 11.6. The minimum Gasteiger partial charge on any atom is -0.364 e. The van der Waals surface area contributed by atoms with Crippen LogP contribution in [0.2, 0.25) is 19.6 Å². The number of thiazole rings is 1. The molecule has 66 valence electrons. The van der Waals surface area contributed by atoms with E-state index in [0.717, 1.165) is 4.63 Å². The van der Waals surface area contributed by atoms with Gasteiger partial charge in [-0.15, -0.1) is 11.3 Å². The summed E-state index contributed by atoms with van der Waals surface area (Å²) >= 11 is 1.53. The predicted molar refractivity (Wildman–Crippen MR) is 53.6 cm³/mol. The number of amides is 1.